The summed E-state index contributed by atoms with van der Waals surface area (Å²) in [6.07, 6.45) is 5.58. The number of carbonyl (C=O) groups excluding carboxylic acids is 1. The minimum absolute atomic E-state index is 0.0910. The smallest absolute Gasteiger partial charge is 0.170 e. The number of ketones is 1. The predicted octanol–water partition coefficient (Wildman–Crippen LogP) is 4.87. The van der Waals surface area contributed by atoms with Crippen LogP contribution in [0.1, 0.15) is 63.2 Å². The van der Waals surface area contributed by atoms with Gasteiger partial charge in [0.25, 0.3) is 0 Å². The van der Waals surface area contributed by atoms with Crippen LogP contribution in [0.2, 0.25) is 0 Å². The molecule has 1 aromatic carbocycles. The third kappa shape index (κ3) is 3.00. The van der Waals surface area contributed by atoms with Gasteiger partial charge in [-0.15, -0.1) is 0 Å². The van der Waals surface area contributed by atoms with Gasteiger partial charge in [0.2, 0.25) is 0 Å². The van der Waals surface area contributed by atoms with Gasteiger partial charge in [-0.1, -0.05) is 32.9 Å². The predicted molar refractivity (Wildman–Crippen MR) is 84.7 cm³/mol. The van der Waals surface area contributed by atoms with Crippen LogP contribution in [0.15, 0.2) is 24.3 Å². The Hall–Kier alpha value is -1.31. The summed E-state index contributed by atoms with van der Waals surface area (Å²) in [7, 11) is 0. The fourth-order valence-corrected chi connectivity index (χ4v) is 3.92. The average Bonchev–Trinajstić information content (AvgIpc) is 2.46. The Kier molecular flexibility index (Phi) is 3.81. The minimum Gasteiger partial charge on any atom is -0.489 e. The summed E-state index contributed by atoms with van der Waals surface area (Å²) in [5.41, 5.74) is 1.16. The summed E-state index contributed by atoms with van der Waals surface area (Å²) >= 11 is 0. The third-order valence-electron chi connectivity index (χ3n) is 5.37. The van der Waals surface area contributed by atoms with Gasteiger partial charge in [0, 0.05) is 6.42 Å². The van der Waals surface area contributed by atoms with E-state index in [1.807, 2.05) is 24.3 Å². The summed E-state index contributed by atoms with van der Waals surface area (Å²) in [5.74, 6) is 2.39. The average molecular weight is 286 g/mol. The van der Waals surface area contributed by atoms with E-state index in [2.05, 4.69) is 20.8 Å². The second kappa shape index (κ2) is 5.47. The van der Waals surface area contributed by atoms with Gasteiger partial charge in [0.1, 0.15) is 11.9 Å². The van der Waals surface area contributed by atoms with Crippen molar-refractivity contribution in [2.75, 3.05) is 0 Å². The van der Waals surface area contributed by atoms with Crippen molar-refractivity contribution in [3.05, 3.63) is 29.8 Å². The topological polar surface area (TPSA) is 26.3 Å². The number of para-hydroxylation sites is 1. The molecule has 0 amide bonds. The molecular weight excluding hydrogens is 260 g/mol. The highest BCUT2D eigenvalue weighted by Crippen LogP contribution is 2.43. The minimum atomic E-state index is 0.0910. The molecule has 0 spiro atoms. The first-order valence-electron chi connectivity index (χ1n) is 8.24. The molecule has 0 radical (unpaired) electrons. The molecule has 1 atom stereocenters. The van der Waals surface area contributed by atoms with Gasteiger partial charge < -0.3 is 4.74 Å². The van der Waals surface area contributed by atoms with Gasteiger partial charge in [0.05, 0.1) is 5.56 Å². The molecule has 3 rings (SSSR count). The second-order valence-electron chi connectivity index (χ2n) is 7.76. The second-order valence-corrected chi connectivity index (χ2v) is 7.76. The number of fused-ring (bicyclic) bond motifs is 1. The molecule has 1 unspecified atom stereocenters. The Balaban J connectivity index is 1.67. The zero-order chi connectivity index (χ0) is 15.0. The number of carbonyl (C=O) groups is 1. The molecule has 1 heterocycles. The van der Waals surface area contributed by atoms with Crippen molar-refractivity contribution in [1.29, 1.82) is 0 Å². The van der Waals surface area contributed by atoms with Crippen LogP contribution < -0.4 is 4.74 Å². The summed E-state index contributed by atoms with van der Waals surface area (Å²) in [4.78, 5) is 12.3. The molecule has 0 saturated heterocycles. The number of ether oxygens (including phenoxy) is 1. The number of hydrogen-bond acceptors (Lipinski definition) is 2. The maximum absolute atomic E-state index is 12.3. The van der Waals surface area contributed by atoms with E-state index in [4.69, 9.17) is 4.74 Å². The van der Waals surface area contributed by atoms with E-state index in [1.165, 1.54) is 25.7 Å². The first-order valence-corrected chi connectivity index (χ1v) is 8.24. The van der Waals surface area contributed by atoms with Gasteiger partial charge in [-0.3, -0.25) is 4.79 Å². The molecule has 114 valence electrons. The van der Waals surface area contributed by atoms with Gasteiger partial charge >= 0.3 is 0 Å². The van der Waals surface area contributed by atoms with Crippen molar-refractivity contribution in [1.82, 2.24) is 0 Å². The Morgan fingerprint density at radius 3 is 2.38 bits per heavy atom. The van der Waals surface area contributed by atoms with Crippen molar-refractivity contribution in [3.63, 3.8) is 0 Å². The summed E-state index contributed by atoms with van der Waals surface area (Å²) < 4.78 is 6.14. The van der Waals surface area contributed by atoms with E-state index in [1.54, 1.807) is 0 Å². The monoisotopic (exact) mass is 286 g/mol. The van der Waals surface area contributed by atoms with E-state index < -0.39 is 0 Å². The molecule has 2 nitrogen and oxygen atoms in total. The summed E-state index contributed by atoms with van der Waals surface area (Å²) in [6.45, 7) is 7.03. The first-order chi connectivity index (χ1) is 9.95. The highest BCUT2D eigenvalue weighted by atomic mass is 16.5. The third-order valence-corrected chi connectivity index (χ3v) is 5.37. The Morgan fingerprint density at radius 2 is 1.71 bits per heavy atom. The SMILES string of the molecule is CC(C)(C)C1CCC(C2CC(=O)c3ccccc3O2)CC1. The molecular formula is C19H26O2. The highest BCUT2D eigenvalue weighted by molar-refractivity contribution is 5.99. The summed E-state index contributed by atoms with van der Waals surface area (Å²) in [6, 6.07) is 7.67. The van der Waals surface area contributed by atoms with Crippen LogP contribution in [0.25, 0.3) is 0 Å². The van der Waals surface area contributed by atoms with Gasteiger partial charge in [-0.05, 0) is 55.1 Å². The molecule has 1 saturated carbocycles. The number of benzene rings is 1. The lowest BCUT2D eigenvalue weighted by molar-refractivity contribution is 0.0497. The largest absolute Gasteiger partial charge is 0.489 e. The molecule has 1 aliphatic carbocycles. The van der Waals surface area contributed by atoms with Crippen LogP contribution in [0, 0.1) is 17.3 Å². The fourth-order valence-electron chi connectivity index (χ4n) is 3.92. The zero-order valence-corrected chi connectivity index (χ0v) is 13.4. The van der Waals surface area contributed by atoms with E-state index in [9.17, 15) is 4.79 Å². The lowest BCUT2D eigenvalue weighted by Crippen LogP contribution is -2.37. The molecule has 1 aliphatic heterocycles. The van der Waals surface area contributed by atoms with Crippen molar-refractivity contribution < 1.29 is 9.53 Å². The zero-order valence-electron chi connectivity index (χ0n) is 13.4. The number of rotatable bonds is 1. The lowest BCUT2D eigenvalue weighted by atomic mass is 9.68. The molecule has 1 fully saturated rings. The van der Waals surface area contributed by atoms with Crippen molar-refractivity contribution in [3.8, 4) is 5.75 Å². The van der Waals surface area contributed by atoms with Crippen LogP contribution in [0.5, 0.6) is 5.75 Å². The Bertz CT molecular complexity index is 519. The van der Waals surface area contributed by atoms with E-state index in [0.717, 1.165) is 17.2 Å². The quantitative estimate of drug-likeness (QED) is 0.736. The van der Waals surface area contributed by atoms with Crippen molar-refractivity contribution in [2.45, 2.75) is 59.0 Å². The highest BCUT2D eigenvalue weighted by Gasteiger charge is 2.36. The molecule has 0 bridgehead atoms. The summed E-state index contributed by atoms with van der Waals surface area (Å²) in [5, 5.41) is 0. The van der Waals surface area contributed by atoms with Crippen LogP contribution >= 0.6 is 0 Å². The van der Waals surface area contributed by atoms with E-state index in [0.29, 0.717) is 17.8 Å². The van der Waals surface area contributed by atoms with Crippen LogP contribution in [0.3, 0.4) is 0 Å². The van der Waals surface area contributed by atoms with Crippen LogP contribution in [-0.2, 0) is 0 Å². The van der Waals surface area contributed by atoms with Gasteiger partial charge in [0.15, 0.2) is 5.78 Å². The van der Waals surface area contributed by atoms with Crippen molar-refractivity contribution in [2.24, 2.45) is 17.3 Å². The Morgan fingerprint density at radius 1 is 1.05 bits per heavy atom. The van der Waals surface area contributed by atoms with Gasteiger partial charge in [-0.2, -0.15) is 0 Å². The van der Waals surface area contributed by atoms with Gasteiger partial charge in [-0.25, -0.2) is 0 Å². The van der Waals surface area contributed by atoms with E-state index >= 15 is 0 Å². The maximum atomic E-state index is 12.3. The molecule has 0 N–H and O–H groups in total. The van der Waals surface area contributed by atoms with Crippen LogP contribution in [-0.4, -0.2) is 11.9 Å². The fraction of sp³-hybridized carbons (Fsp3) is 0.632. The number of Topliss-reactive ketones (excluding diaryl/α,β-unsaturated/α-hetero) is 1. The molecule has 1 aromatic rings. The standard InChI is InChI=1S/C19H26O2/c1-19(2,3)14-10-8-13(9-11-14)18-12-16(20)15-6-4-5-7-17(15)21-18/h4-7,13-14,18H,8-12H2,1-3H3. The first kappa shape index (κ1) is 14.6. The van der Waals surface area contributed by atoms with E-state index in [-0.39, 0.29) is 11.9 Å². The molecule has 2 heteroatoms. The molecule has 2 aliphatic rings. The number of hydrogen-bond donors (Lipinski definition) is 0. The lowest BCUT2D eigenvalue weighted by Gasteiger charge is -2.40. The Labute approximate surface area is 127 Å². The maximum Gasteiger partial charge on any atom is 0.170 e. The van der Waals surface area contributed by atoms with Crippen LogP contribution in [0.4, 0.5) is 0 Å². The molecule has 21 heavy (non-hydrogen) atoms. The molecule has 0 aromatic heterocycles. The normalized spacial score (nSPS) is 29.7. The van der Waals surface area contributed by atoms with Crippen molar-refractivity contribution >= 4 is 5.78 Å².